The molecule has 0 aromatic rings. The van der Waals surface area contributed by atoms with Gasteiger partial charge in [-0.2, -0.15) is 4.91 Å². The van der Waals surface area contributed by atoms with Gasteiger partial charge in [0.1, 0.15) is 12.3 Å². The summed E-state index contributed by atoms with van der Waals surface area (Å²) in [6.45, 7) is 0. The molecule has 0 aromatic carbocycles. The number of nitroso groups, excluding NO2 is 1. The van der Waals surface area contributed by atoms with Gasteiger partial charge in [0.05, 0.1) is 0 Å². The molecule has 3 heteroatoms. The fourth-order valence-corrected chi connectivity index (χ4v) is 1.43. The van der Waals surface area contributed by atoms with E-state index in [-0.39, 0.29) is 12.0 Å². The number of nitrogens with zero attached hydrogens (tertiary/aromatic N) is 1. The summed E-state index contributed by atoms with van der Waals surface area (Å²) in [6, 6.07) is -0.230. The molecule has 0 spiro atoms. The van der Waals surface area contributed by atoms with E-state index in [1.165, 1.54) is 0 Å². The molecule has 1 fully saturated rings. The summed E-state index contributed by atoms with van der Waals surface area (Å²) in [5.41, 5.74) is 0. The minimum absolute atomic E-state index is 0.0914. The van der Waals surface area contributed by atoms with Crippen molar-refractivity contribution in [2.45, 2.75) is 31.7 Å². The third kappa shape index (κ3) is 1.40. The molecule has 0 aliphatic heterocycles. The molecule has 3 nitrogen and oxygen atoms in total. The highest BCUT2D eigenvalue weighted by atomic mass is 16.3. The SMILES string of the molecule is O=CC1CCCCC1N=O. The molecule has 0 amide bonds. The Bertz CT molecular complexity index is 120. The summed E-state index contributed by atoms with van der Waals surface area (Å²) in [7, 11) is 0. The minimum atomic E-state index is -0.230. The molecule has 1 aliphatic carbocycles. The van der Waals surface area contributed by atoms with Gasteiger partial charge in [0.25, 0.3) is 0 Å². The molecule has 2 atom stereocenters. The maximum atomic E-state index is 10.3. The molecular weight excluding hydrogens is 130 g/mol. The summed E-state index contributed by atoms with van der Waals surface area (Å²) in [6.07, 6.45) is 4.62. The lowest BCUT2D eigenvalue weighted by Gasteiger charge is -2.20. The second-order valence-corrected chi connectivity index (χ2v) is 2.76. The average molecular weight is 141 g/mol. The van der Waals surface area contributed by atoms with Crippen LogP contribution in [0.3, 0.4) is 0 Å². The first-order chi connectivity index (χ1) is 4.88. The molecule has 0 N–H and O–H groups in total. The topological polar surface area (TPSA) is 46.5 Å². The van der Waals surface area contributed by atoms with Crippen LogP contribution in [0.4, 0.5) is 0 Å². The molecule has 0 bridgehead atoms. The normalized spacial score (nSPS) is 33.2. The second kappa shape index (κ2) is 3.44. The Kier molecular flexibility index (Phi) is 2.54. The van der Waals surface area contributed by atoms with Crippen LogP contribution in [0, 0.1) is 10.8 Å². The highest BCUT2D eigenvalue weighted by Crippen LogP contribution is 2.24. The van der Waals surface area contributed by atoms with Crippen molar-refractivity contribution in [3.05, 3.63) is 4.91 Å². The van der Waals surface area contributed by atoms with E-state index < -0.39 is 0 Å². The summed E-state index contributed by atoms with van der Waals surface area (Å²) in [5.74, 6) is -0.0914. The number of carbonyl (C=O) groups is 1. The Morgan fingerprint density at radius 2 is 2.00 bits per heavy atom. The molecule has 0 heterocycles. The van der Waals surface area contributed by atoms with Crippen molar-refractivity contribution < 1.29 is 4.79 Å². The Hall–Kier alpha value is -0.730. The van der Waals surface area contributed by atoms with E-state index in [2.05, 4.69) is 5.18 Å². The first kappa shape index (κ1) is 7.38. The van der Waals surface area contributed by atoms with Crippen molar-refractivity contribution in [3.8, 4) is 0 Å². The number of hydrogen-bond acceptors (Lipinski definition) is 3. The van der Waals surface area contributed by atoms with Crippen LogP contribution in [0.2, 0.25) is 0 Å². The van der Waals surface area contributed by atoms with Crippen LogP contribution in [-0.4, -0.2) is 12.3 Å². The van der Waals surface area contributed by atoms with Crippen LogP contribution in [-0.2, 0) is 4.79 Å². The van der Waals surface area contributed by atoms with E-state index in [9.17, 15) is 9.70 Å². The first-order valence-electron chi connectivity index (χ1n) is 3.66. The van der Waals surface area contributed by atoms with E-state index in [1.807, 2.05) is 0 Å². The number of hydrogen-bond donors (Lipinski definition) is 0. The first-order valence-corrected chi connectivity index (χ1v) is 3.66. The van der Waals surface area contributed by atoms with Gasteiger partial charge < -0.3 is 4.79 Å². The van der Waals surface area contributed by atoms with Gasteiger partial charge in [-0.05, 0) is 12.8 Å². The highest BCUT2D eigenvalue weighted by Gasteiger charge is 2.24. The van der Waals surface area contributed by atoms with E-state index in [0.29, 0.717) is 0 Å². The third-order valence-electron chi connectivity index (χ3n) is 2.09. The molecule has 56 valence electrons. The predicted octanol–water partition coefficient (Wildman–Crippen LogP) is 1.51. The van der Waals surface area contributed by atoms with Crippen molar-refractivity contribution in [1.82, 2.24) is 0 Å². The molecule has 2 unspecified atom stereocenters. The predicted molar refractivity (Wildman–Crippen MR) is 37.6 cm³/mol. The monoisotopic (exact) mass is 141 g/mol. The van der Waals surface area contributed by atoms with Crippen LogP contribution in [0.1, 0.15) is 25.7 Å². The fraction of sp³-hybridized carbons (Fsp3) is 0.857. The van der Waals surface area contributed by atoms with Gasteiger partial charge >= 0.3 is 0 Å². The molecule has 1 saturated carbocycles. The van der Waals surface area contributed by atoms with Gasteiger partial charge in [0.15, 0.2) is 0 Å². The van der Waals surface area contributed by atoms with Gasteiger partial charge in [-0.3, -0.25) is 0 Å². The zero-order chi connectivity index (χ0) is 7.40. The van der Waals surface area contributed by atoms with E-state index >= 15 is 0 Å². The van der Waals surface area contributed by atoms with E-state index in [4.69, 9.17) is 0 Å². The van der Waals surface area contributed by atoms with Gasteiger partial charge in [0, 0.05) is 5.92 Å². The van der Waals surface area contributed by atoms with E-state index in [0.717, 1.165) is 32.0 Å². The molecule has 10 heavy (non-hydrogen) atoms. The lowest BCUT2D eigenvalue weighted by atomic mass is 9.86. The fourth-order valence-electron chi connectivity index (χ4n) is 1.43. The van der Waals surface area contributed by atoms with Gasteiger partial charge in [-0.1, -0.05) is 18.0 Å². The van der Waals surface area contributed by atoms with Crippen LogP contribution in [0.15, 0.2) is 5.18 Å². The molecule has 0 radical (unpaired) electrons. The largest absolute Gasteiger partial charge is 0.303 e. The smallest absolute Gasteiger partial charge is 0.125 e. The van der Waals surface area contributed by atoms with Crippen LogP contribution < -0.4 is 0 Å². The molecule has 1 aliphatic rings. The molecule has 1 rings (SSSR count). The Morgan fingerprint density at radius 3 is 2.50 bits per heavy atom. The zero-order valence-corrected chi connectivity index (χ0v) is 5.82. The standard InChI is InChI=1S/C7H11NO2/c9-5-6-3-1-2-4-7(6)8-10/h5-7H,1-4H2. The van der Waals surface area contributed by atoms with Gasteiger partial charge in [0.2, 0.25) is 0 Å². The minimum Gasteiger partial charge on any atom is -0.303 e. The Morgan fingerprint density at radius 1 is 1.30 bits per heavy atom. The average Bonchev–Trinajstić information content (AvgIpc) is 2.04. The van der Waals surface area contributed by atoms with Crippen LogP contribution >= 0.6 is 0 Å². The van der Waals surface area contributed by atoms with Crippen molar-refractivity contribution >= 4 is 6.29 Å². The zero-order valence-electron chi connectivity index (χ0n) is 5.82. The number of aldehydes is 1. The molecular formula is C7H11NO2. The quantitative estimate of drug-likeness (QED) is 0.432. The summed E-state index contributed by atoms with van der Waals surface area (Å²) < 4.78 is 0. The summed E-state index contributed by atoms with van der Waals surface area (Å²) in [5, 5.41) is 2.92. The van der Waals surface area contributed by atoms with Crippen molar-refractivity contribution in [2.75, 3.05) is 0 Å². The number of rotatable bonds is 2. The Balaban J connectivity index is 2.49. The highest BCUT2D eigenvalue weighted by molar-refractivity contribution is 5.55. The van der Waals surface area contributed by atoms with Crippen LogP contribution in [0.5, 0.6) is 0 Å². The molecule has 0 saturated heterocycles. The number of carbonyl (C=O) groups excluding carboxylic acids is 1. The maximum absolute atomic E-state index is 10.3. The second-order valence-electron chi connectivity index (χ2n) is 2.76. The van der Waals surface area contributed by atoms with Gasteiger partial charge in [-0.15, -0.1) is 0 Å². The van der Waals surface area contributed by atoms with Crippen molar-refractivity contribution in [1.29, 1.82) is 0 Å². The van der Waals surface area contributed by atoms with Gasteiger partial charge in [-0.25, -0.2) is 0 Å². The Labute approximate surface area is 59.8 Å². The van der Waals surface area contributed by atoms with Crippen molar-refractivity contribution in [3.63, 3.8) is 0 Å². The maximum Gasteiger partial charge on any atom is 0.125 e. The van der Waals surface area contributed by atoms with Crippen molar-refractivity contribution in [2.24, 2.45) is 11.1 Å². The lowest BCUT2D eigenvalue weighted by molar-refractivity contribution is -0.112. The van der Waals surface area contributed by atoms with Crippen LogP contribution in [0.25, 0.3) is 0 Å². The molecule has 0 aromatic heterocycles. The van der Waals surface area contributed by atoms with E-state index in [1.54, 1.807) is 0 Å². The third-order valence-corrected chi connectivity index (χ3v) is 2.09. The summed E-state index contributed by atoms with van der Waals surface area (Å²) >= 11 is 0. The lowest BCUT2D eigenvalue weighted by Crippen LogP contribution is -2.23. The summed E-state index contributed by atoms with van der Waals surface area (Å²) in [4.78, 5) is 20.5.